The predicted octanol–water partition coefficient (Wildman–Crippen LogP) is 0.793. The Morgan fingerprint density at radius 3 is 2.88 bits per heavy atom. The van der Waals surface area contributed by atoms with Crippen LogP contribution in [-0.2, 0) is 11.3 Å². The van der Waals surface area contributed by atoms with Gasteiger partial charge in [0.2, 0.25) is 0 Å². The molecule has 1 saturated heterocycles. The molecule has 0 saturated carbocycles. The quantitative estimate of drug-likeness (QED) is 0.812. The van der Waals surface area contributed by atoms with Gasteiger partial charge in [0.15, 0.2) is 0 Å². The standard InChI is InChI=1S/C13H18N2O2/c16-13(17)12-8-14-6-7-15(10-12)9-11-4-2-1-3-5-11/h1-5,12,14H,6-10H2,(H,16,17). The van der Waals surface area contributed by atoms with Gasteiger partial charge >= 0.3 is 5.97 Å². The first-order chi connectivity index (χ1) is 8.25. The number of carboxylic acids is 1. The van der Waals surface area contributed by atoms with E-state index < -0.39 is 5.97 Å². The zero-order valence-corrected chi connectivity index (χ0v) is 9.80. The second kappa shape index (κ2) is 5.80. The van der Waals surface area contributed by atoms with Crippen LogP contribution in [0.4, 0.5) is 0 Å². The molecule has 0 bridgehead atoms. The second-order valence-electron chi connectivity index (χ2n) is 4.46. The van der Waals surface area contributed by atoms with Crippen LogP contribution in [0.1, 0.15) is 5.56 Å². The van der Waals surface area contributed by atoms with Crippen molar-refractivity contribution in [3.8, 4) is 0 Å². The van der Waals surface area contributed by atoms with Gasteiger partial charge in [-0.2, -0.15) is 0 Å². The number of nitrogens with zero attached hydrogens (tertiary/aromatic N) is 1. The minimum Gasteiger partial charge on any atom is -0.481 e. The van der Waals surface area contributed by atoms with Gasteiger partial charge in [0.1, 0.15) is 0 Å². The van der Waals surface area contributed by atoms with E-state index >= 15 is 0 Å². The van der Waals surface area contributed by atoms with E-state index in [0.29, 0.717) is 13.1 Å². The smallest absolute Gasteiger partial charge is 0.309 e. The number of benzene rings is 1. The highest BCUT2D eigenvalue weighted by Crippen LogP contribution is 2.09. The molecular weight excluding hydrogens is 216 g/mol. The molecule has 1 atom stereocenters. The van der Waals surface area contributed by atoms with E-state index in [1.54, 1.807) is 0 Å². The lowest BCUT2D eigenvalue weighted by molar-refractivity contribution is -0.142. The lowest BCUT2D eigenvalue weighted by Gasteiger charge is -2.21. The van der Waals surface area contributed by atoms with Crippen LogP contribution in [0.5, 0.6) is 0 Å². The van der Waals surface area contributed by atoms with E-state index in [2.05, 4.69) is 22.3 Å². The minimum absolute atomic E-state index is 0.304. The third-order valence-electron chi connectivity index (χ3n) is 3.07. The Kier molecular flexibility index (Phi) is 4.12. The van der Waals surface area contributed by atoms with Gasteiger partial charge in [-0.25, -0.2) is 0 Å². The van der Waals surface area contributed by atoms with E-state index in [1.165, 1.54) is 5.56 Å². The molecular formula is C13H18N2O2. The molecule has 0 aromatic heterocycles. The average Bonchev–Trinajstić information content (AvgIpc) is 2.56. The van der Waals surface area contributed by atoms with Gasteiger partial charge in [0.25, 0.3) is 0 Å². The molecule has 1 aliphatic heterocycles. The summed E-state index contributed by atoms with van der Waals surface area (Å²) in [6, 6.07) is 10.2. The Hall–Kier alpha value is -1.39. The molecule has 1 aromatic carbocycles. The monoisotopic (exact) mass is 234 g/mol. The fraction of sp³-hybridized carbons (Fsp3) is 0.462. The second-order valence-corrected chi connectivity index (χ2v) is 4.46. The third-order valence-corrected chi connectivity index (χ3v) is 3.07. The van der Waals surface area contributed by atoms with Crippen molar-refractivity contribution >= 4 is 5.97 Å². The molecule has 0 spiro atoms. The summed E-state index contributed by atoms with van der Waals surface area (Å²) in [4.78, 5) is 13.2. The van der Waals surface area contributed by atoms with Gasteiger partial charge in [0.05, 0.1) is 5.92 Å². The highest BCUT2D eigenvalue weighted by atomic mass is 16.4. The van der Waals surface area contributed by atoms with Gasteiger partial charge in [-0.3, -0.25) is 9.69 Å². The molecule has 1 heterocycles. The topological polar surface area (TPSA) is 52.6 Å². The van der Waals surface area contributed by atoms with E-state index in [1.807, 2.05) is 18.2 Å². The van der Waals surface area contributed by atoms with E-state index in [9.17, 15) is 4.79 Å². The van der Waals surface area contributed by atoms with Crippen molar-refractivity contribution in [2.24, 2.45) is 5.92 Å². The molecule has 1 aromatic rings. The Morgan fingerprint density at radius 2 is 2.18 bits per heavy atom. The summed E-state index contributed by atoms with van der Waals surface area (Å²) in [6.07, 6.45) is 0. The fourth-order valence-corrected chi connectivity index (χ4v) is 2.13. The van der Waals surface area contributed by atoms with Crippen LogP contribution in [0.2, 0.25) is 0 Å². The summed E-state index contributed by atoms with van der Waals surface area (Å²) in [5, 5.41) is 12.3. The minimum atomic E-state index is -0.711. The number of carbonyl (C=O) groups is 1. The summed E-state index contributed by atoms with van der Waals surface area (Å²) < 4.78 is 0. The largest absolute Gasteiger partial charge is 0.481 e. The van der Waals surface area contributed by atoms with Crippen LogP contribution >= 0.6 is 0 Å². The molecule has 0 amide bonds. The highest BCUT2D eigenvalue weighted by molar-refractivity contribution is 5.70. The van der Waals surface area contributed by atoms with Gasteiger partial charge in [0, 0.05) is 32.7 Å². The number of rotatable bonds is 3. The van der Waals surface area contributed by atoms with Crippen LogP contribution in [0.15, 0.2) is 30.3 Å². The van der Waals surface area contributed by atoms with Crippen LogP contribution in [0, 0.1) is 5.92 Å². The first-order valence-corrected chi connectivity index (χ1v) is 5.95. The maximum Gasteiger partial charge on any atom is 0.309 e. The lowest BCUT2D eigenvalue weighted by atomic mass is 10.1. The fourth-order valence-electron chi connectivity index (χ4n) is 2.13. The molecule has 2 N–H and O–H groups in total. The first-order valence-electron chi connectivity index (χ1n) is 5.95. The van der Waals surface area contributed by atoms with Gasteiger partial charge in [-0.15, -0.1) is 0 Å². The van der Waals surface area contributed by atoms with Crippen LogP contribution in [0.3, 0.4) is 0 Å². The van der Waals surface area contributed by atoms with Crippen molar-refractivity contribution in [3.63, 3.8) is 0 Å². The molecule has 2 rings (SSSR count). The molecule has 1 unspecified atom stereocenters. The van der Waals surface area contributed by atoms with E-state index in [-0.39, 0.29) is 5.92 Å². The van der Waals surface area contributed by atoms with Gasteiger partial charge in [-0.1, -0.05) is 30.3 Å². The maximum atomic E-state index is 11.0. The third kappa shape index (κ3) is 3.54. The van der Waals surface area contributed by atoms with Crippen molar-refractivity contribution in [3.05, 3.63) is 35.9 Å². The van der Waals surface area contributed by atoms with Crippen molar-refractivity contribution in [2.75, 3.05) is 26.2 Å². The summed E-state index contributed by atoms with van der Waals surface area (Å²) >= 11 is 0. The van der Waals surface area contributed by atoms with E-state index in [4.69, 9.17) is 5.11 Å². The summed E-state index contributed by atoms with van der Waals surface area (Å²) in [6.45, 7) is 3.78. The average molecular weight is 234 g/mol. The van der Waals surface area contributed by atoms with Gasteiger partial charge in [-0.05, 0) is 5.56 Å². The lowest BCUT2D eigenvalue weighted by Crippen LogP contribution is -2.33. The summed E-state index contributed by atoms with van der Waals surface area (Å²) in [5.41, 5.74) is 1.23. The number of nitrogens with one attached hydrogen (secondary N) is 1. The molecule has 1 aliphatic rings. The Bertz CT molecular complexity index is 367. The van der Waals surface area contributed by atoms with Crippen LogP contribution in [-0.4, -0.2) is 42.2 Å². The zero-order chi connectivity index (χ0) is 12.1. The Labute approximate surface area is 101 Å². The number of hydrogen-bond donors (Lipinski definition) is 2. The van der Waals surface area contributed by atoms with E-state index in [0.717, 1.165) is 19.6 Å². The van der Waals surface area contributed by atoms with Crippen molar-refractivity contribution in [1.29, 1.82) is 0 Å². The molecule has 4 nitrogen and oxygen atoms in total. The van der Waals surface area contributed by atoms with Crippen molar-refractivity contribution in [1.82, 2.24) is 10.2 Å². The number of aliphatic carboxylic acids is 1. The molecule has 4 heteroatoms. The number of hydrogen-bond acceptors (Lipinski definition) is 3. The summed E-state index contributed by atoms with van der Waals surface area (Å²) in [5.74, 6) is -1.02. The van der Waals surface area contributed by atoms with Crippen LogP contribution < -0.4 is 5.32 Å². The predicted molar refractivity (Wildman–Crippen MR) is 65.7 cm³/mol. The zero-order valence-electron chi connectivity index (χ0n) is 9.80. The van der Waals surface area contributed by atoms with Crippen molar-refractivity contribution in [2.45, 2.75) is 6.54 Å². The van der Waals surface area contributed by atoms with Crippen LogP contribution in [0.25, 0.3) is 0 Å². The number of carboxylic acid groups (broad SMARTS) is 1. The first kappa shape index (κ1) is 12.1. The van der Waals surface area contributed by atoms with Crippen molar-refractivity contribution < 1.29 is 9.90 Å². The Morgan fingerprint density at radius 1 is 1.41 bits per heavy atom. The summed E-state index contributed by atoms with van der Waals surface area (Å²) in [7, 11) is 0. The molecule has 1 fully saturated rings. The Balaban J connectivity index is 1.97. The van der Waals surface area contributed by atoms with Gasteiger partial charge < -0.3 is 10.4 Å². The maximum absolute atomic E-state index is 11.0. The molecule has 92 valence electrons. The molecule has 0 radical (unpaired) electrons. The highest BCUT2D eigenvalue weighted by Gasteiger charge is 2.23. The normalized spacial score (nSPS) is 22.0. The SMILES string of the molecule is O=C(O)C1CNCCN(Cc2ccccc2)C1. The molecule has 0 aliphatic carbocycles. The molecule has 17 heavy (non-hydrogen) atoms.